The summed E-state index contributed by atoms with van der Waals surface area (Å²) in [5.41, 5.74) is 3.56. The summed E-state index contributed by atoms with van der Waals surface area (Å²) >= 11 is 0. The number of aliphatic hydroxyl groups is 2. The van der Waals surface area contributed by atoms with Gasteiger partial charge in [0.05, 0.1) is 12.2 Å². The second kappa shape index (κ2) is 12.5. The molecule has 2 N–H and O–H groups in total. The first-order valence-electron chi connectivity index (χ1n) is 8.89. The second-order valence-corrected chi connectivity index (χ2v) is 6.32. The van der Waals surface area contributed by atoms with Crippen LogP contribution in [0.4, 0.5) is 0 Å². The Morgan fingerprint density at radius 1 is 0.741 bits per heavy atom. The van der Waals surface area contributed by atoms with E-state index in [1.807, 2.05) is 24.3 Å². The molecular formula is C24H26O2Pt. The fourth-order valence-corrected chi connectivity index (χ4v) is 2.73. The third kappa shape index (κ3) is 8.13. The molecule has 3 heteroatoms. The molecule has 0 aromatic heterocycles. The molecule has 2 unspecified atom stereocenters. The quantitative estimate of drug-likeness (QED) is 0.365. The summed E-state index contributed by atoms with van der Waals surface area (Å²) in [6.45, 7) is 3.32. The zero-order valence-electron chi connectivity index (χ0n) is 15.7. The molecule has 0 saturated carbocycles. The van der Waals surface area contributed by atoms with E-state index < -0.39 is 0 Å². The molecule has 2 nitrogen and oxygen atoms in total. The van der Waals surface area contributed by atoms with Crippen molar-refractivity contribution in [3.8, 4) is 0 Å². The van der Waals surface area contributed by atoms with E-state index in [0.717, 1.165) is 5.56 Å². The van der Waals surface area contributed by atoms with Crippen molar-refractivity contribution < 1.29 is 31.3 Å². The summed E-state index contributed by atoms with van der Waals surface area (Å²) in [5.74, 6) is 1.22. The number of rotatable bonds is 5. The summed E-state index contributed by atoms with van der Waals surface area (Å²) < 4.78 is 0. The maximum absolute atomic E-state index is 8.56. The van der Waals surface area contributed by atoms with E-state index in [9.17, 15) is 0 Å². The van der Waals surface area contributed by atoms with Gasteiger partial charge in [0.15, 0.2) is 0 Å². The minimum absolute atomic E-state index is 0. The van der Waals surface area contributed by atoms with E-state index in [1.54, 1.807) is 13.8 Å². The van der Waals surface area contributed by atoms with Crippen LogP contribution in [0.1, 0.15) is 37.0 Å². The van der Waals surface area contributed by atoms with Crippen molar-refractivity contribution in [2.75, 3.05) is 0 Å². The van der Waals surface area contributed by atoms with Crippen LogP contribution in [0.3, 0.4) is 0 Å². The second-order valence-electron chi connectivity index (χ2n) is 6.32. The summed E-state index contributed by atoms with van der Waals surface area (Å²) in [5, 5.41) is 17.1. The first-order valence-corrected chi connectivity index (χ1v) is 8.89. The Balaban J connectivity index is 0.000000395. The molecule has 0 amide bonds. The maximum atomic E-state index is 8.56. The van der Waals surface area contributed by atoms with Crippen molar-refractivity contribution in [1.82, 2.24) is 0 Å². The van der Waals surface area contributed by atoms with E-state index in [-0.39, 0.29) is 33.3 Å². The van der Waals surface area contributed by atoms with Crippen LogP contribution in [0, 0.1) is 12.0 Å². The molecule has 0 aliphatic heterocycles. The molecule has 2 atom stereocenters. The number of hydrogen-bond donors (Lipinski definition) is 2. The Hall–Kier alpha value is -1.86. The predicted molar refractivity (Wildman–Crippen MR) is 107 cm³/mol. The summed E-state index contributed by atoms with van der Waals surface area (Å²) in [7, 11) is 0. The van der Waals surface area contributed by atoms with Crippen LogP contribution in [0.15, 0.2) is 84.9 Å². The summed E-state index contributed by atoms with van der Waals surface area (Å²) in [6, 6.07) is 32.4. The standard InChI is InChI=1S/C19H14.C5H12O2.Pt/c1-4-10-16(11-5-1)19(17-12-6-2-7-13-17)18-14-8-3-9-15-18;1-4(6)3-5(2)7;/h1-14H;4-7H,3H2,1-2H3;/q-2;;+2. The zero-order chi connectivity index (χ0) is 18.8. The van der Waals surface area contributed by atoms with Gasteiger partial charge in [0.25, 0.3) is 0 Å². The van der Waals surface area contributed by atoms with E-state index in [0.29, 0.717) is 6.42 Å². The minimum atomic E-state index is -0.375. The Kier molecular flexibility index (Phi) is 10.7. The molecule has 3 aromatic rings. The Morgan fingerprint density at radius 2 is 1.19 bits per heavy atom. The van der Waals surface area contributed by atoms with Crippen LogP contribution in [-0.4, -0.2) is 22.4 Å². The van der Waals surface area contributed by atoms with Crippen molar-refractivity contribution in [3.05, 3.63) is 114 Å². The van der Waals surface area contributed by atoms with E-state index >= 15 is 0 Å². The smallest absolute Gasteiger partial charge is 0.393 e. The first-order chi connectivity index (χ1) is 12.6. The van der Waals surface area contributed by atoms with Crippen LogP contribution in [-0.2, 0) is 21.1 Å². The van der Waals surface area contributed by atoms with Crippen molar-refractivity contribution in [3.63, 3.8) is 0 Å². The fourth-order valence-electron chi connectivity index (χ4n) is 2.73. The van der Waals surface area contributed by atoms with Gasteiger partial charge in [-0.3, -0.25) is 11.6 Å². The van der Waals surface area contributed by atoms with Gasteiger partial charge in [-0.15, -0.1) is 11.1 Å². The number of hydrogen-bond acceptors (Lipinski definition) is 2. The third-order valence-corrected chi connectivity index (χ3v) is 3.79. The molecule has 0 bridgehead atoms. The van der Waals surface area contributed by atoms with Crippen LogP contribution in [0.5, 0.6) is 0 Å². The molecule has 0 fully saturated rings. The van der Waals surface area contributed by atoms with Gasteiger partial charge in [-0.2, -0.15) is 5.92 Å². The van der Waals surface area contributed by atoms with Gasteiger partial charge in [0.1, 0.15) is 0 Å². The molecule has 0 aliphatic carbocycles. The molecule has 0 heterocycles. The summed E-state index contributed by atoms with van der Waals surface area (Å²) in [4.78, 5) is 0. The van der Waals surface area contributed by atoms with E-state index in [2.05, 4.69) is 66.7 Å². The molecule has 3 rings (SSSR count). The average molecular weight is 542 g/mol. The largest absolute Gasteiger partial charge is 2.00 e. The van der Waals surface area contributed by atoms with Gasteiger partial charge in [0.2, 0.25) is 0 Å². The topological polar surface area (TPSA) is 40.5 Å². The molecular weight excluding hydrogens is 515 g/mol. The zero-order valence-corrected chi connectivity index (χ0v) is 17.9. The Morgan fingerprint density at radius 3 is 1.52 bits per heavy atom. The normalized spacial score (nSPS) is 12.0. The van der Waals surface area contributed by atoms with Crippen molar-refractivity contribution in [1.29, 1.82) is 0 Å². The Bertz CT molecular complexity index is 628. The monoisotopic (exact) mass is 541 g/mol. The minimum Gasteiger partial charge on any atom is -0.393 e. The molecule has 0 saturated heterocycles. The van der Waals surface area contributed by atoms with Crippen LogP contribution >= 0.6 is 0 Å². The fraction of sp³-hybridized carbons (Fsp3) is 0.208. The molecule has 0 radical (unpaired) electrons. The van der Waals surface area contributed by atoms with Gasteiger partial charge < -0.3 is 10.2 Å². The predicted octanol–water partition coefficient (Wildman–Crippen LogP) is 4.64. The van der Waals surface area contributed by atoms with Crippen molar-refractivity contribution in [2.24, 2.45) is 0 Å². The van der Waals surface area contributed by atoms with Gasteiger partial charge >= 0.3 is 21.1 Å². The average Bonchev–Trinajstić information content (AvgIpc) is 2.64. The maximum Gasteiger partial charge on any atom is 2.00 e. The third-order valence-electron chi connectivity index (χ3n) is 3.79. The van der Waals surface area contributed by atoms with Gasteiger partial charge in [-0.05, 0) is 20.3 Å². The van der Waals surface area contributed by atoms with Crippen LogP contribution < -0.4 is 0 Å². The number of benzene rings is 3. The Labute approximate surface area is 177 Å². The van der Waals surface area contributed by atoms with Crippen LogP contribution in [0.25, 0.3) is 0 Å². The first kappa shape index (κ1) is 23.2. The molecule has 0 aliphatic rings. The van der Waals surface area contributed by atoms with Gasteiger partial charge in [0, 0.05) is 0 Å². The summed E-state index contributed by atoms with van der Waals surface area (Å²) in [6.07, 6.45) is -0.278. The van der Waals surface area contributed by atoms with Gasteiger partial charge in [-0.25, -0.2) is 24.3 Å². The molecule has 144 valence electrons. The number of aliphatic hydroxyl groups excluding tert-OH is 2. The van der Waals surface area contributed by atoms with Crippen LogP contribution in [0.2, 0.25) is 0 Å². The molecule has 27 heavy (non-hydrogen) atoms. The molecule has 3 aromatic carbocycles. The van der Waals surface area contributed by atoms with Gasteiger partial charge in [-0.1, -0.05) is 60.7 Å². The van der Waals surface area contributed by atoms with E-state index in [4.69, 9.17) is 10.2 Å². The SMILES string of the molecule is CC(O)CC(C)O.[Pt+2].[c-]1ccccc1[C-](c1ccccc1)c1ccccc1. The van der Waals surface area contributed by atoms with E-state index in [1.165, 1.54) is 17.0 Å². The van der Waals surface area contributed by atoms with Crippen molar-refractivity contribution >= 4 is 0 Å². The molecule has 0 spiro atoms. The van der Waals surface area contributed by atoms with Crippen molar-refractivity contribution in [2.45, 2.75) is 32.5 Å².